The Labute approximate surface area is 264 Å². The number of hydrogen-bond donors (Lipinski definition) is 1. The summed E-state index contributed by atoms with van der Waals surface area (Å²) >= 11 is 0. The van der Waals surface area contributed by atoms with Gasteiger partial charge >= 0.3 is 0 Å². The van der Waals surface area contributed by atoms with Gasteiger partial charge in [0.2, 0.25) is 11.8 Å². The summed E-state index contributed by atoms with van der Waals surface area (Å²) in [4.78, 5) is 30.0. The van der Waals surface area contributed by atoms with Crippen LogP contribution in [0.1, 0.15) is 42.4 Å². The molecule has 0 aliphatic heterocycles. The summed E-state index contributed by atoms with van der Waals surface area (Å²) in [5.74, 6) is -1.27. The second-order valence-corrected chi connectivity index (χ2v) is 13.3. The standard InChI is InChI=1S/C36H38FN3O4S/c1-27-12-8-11-19-33(27)40(45(43,44)32-17-6-3-7-18-32)26-35(41)39(25-29-20-22-30(37)23-21-29)34(24-28-13-4-2-5-14-28)36(42)38-31-15-9-10-16-31/h2-8,11-14,17-23,31,34H,9-10,15-16,24-26H2,1H3,(H,38,42)/t34-/m0/s1. The van der Waals surface area contributed by atoms with Gasteiger partial charge in [0, 0.05) is 19.0 Å². The second kappa shape index (κ2) is 14.5. The number of halogens is 1. The highest BCUT2D eigenvalue weighted by Gasteiger charge is 2.35. The van der Waals surface area contributed by atoms with Crippen molar-refractivity contribution >= 4 is 27.5 Å². The normalized spacial score (nSPS) is 14.1. The highest BCUT2D eigenvalue weighted by molar-refractivity contribution is 7.92. The van der Waals surface area contributed by atoms with Gasteiger partial charge in [-0.3, -0.25) is 13.9 Å². The number of sulfonamides is 1. The molecule has 5 rings (SSSR count). The lowest BCUT2D eigenvalue weighted by Gasteiger charge is -2.34. The van der Waals surface area contributed by atoms with Crippen molar-refractivity contribution in [2.75, 3.05) is 10.8 Å². The molecule has 9 heteroatoms. The zero-order valence-corrected chi connectivity index (χ0v) is 26.1. The van der Waals surface area contributed by atoms with Gasteiger partial charge in [-0.25, -0.2) is 12.8 Å². The predicted molar refractivity (Wildman–Crippen MR) is 173 cm³/mol. The molecule has 45 heavy (non-hydrogen) atoms. The number of nitrogens with zero attached hydrogens (tertiary/aromatic N) is 2. The Kier molecular flexibility index (Phi) is 10.3. The Morgan fingerprint density at radius 1 is 0.822 bits per heavy atom. The molecule has 1 aliphatic rings. The van der Waals surface area contributed by atoms with Crippen molar-refractivity contribution in [1.82, 2.24) is 10.2 Å². The van der Waals surface area contributed by atoms with Crippen LogP contribution < -0.4 is 9.62 Å². The zero-order valence-electron chi connectivity index (χ0n) is 25.3. The van der Waals surface area contributed by atoms with Gasteiger partial charge in [0.1, 0.15) is 18.4 Å². The molecule has 7 nitrogen and oxygen atoms in total. The summed E-state index contributed by atoms with van der Waals surface area (Å²) in [7, 11) is -4.17. The Morgan fingerprint density at radius 2 is 1.42 bits per heavy atom. The van der Waals surface area contributed by atoms with Gasteiger partial charge in [0.05, 0.1) is 10.6 Å². The summed E-state index contributed by atoms with van der Waals surface area (Å²) in [5, 5.41) is 3.15. The molecule has 1 atom stereocenters. The quantitative estimate of drug-likeness (QED) is 0.208. The molecule has 4 aromatic rings. The SMILES string of the molecule is Cc1ccccc1N(CC(=O)N(Cc1ccc(F)cc1)[C@@H](Cc1ccccc1)C(=O)NC1CCCC1)S(=O)(=O)c1ccccc1. The van der Waals surface area contributed by atoms with Crippen molar-refractivity contribution < 1.29 is 22.4 Å². The molecule has 1 aliphatic carbocycles. The minimum atomic E-state index is -4.17. The van der Waals surface area contributed by atoms with Crippen LogP contribution >= 0.6 is 0 Å². The van der Waals surface area contributed by atoms with Crippen LogP contribution in [0.15, 0.2) is 114 Å². The Bertz CT molecular complexity index is 1690. The van der Waals surface area contributed by atoms with E-state index < -0.39 is 34.3 Å². The van der Waals surface area contributed by atoms with Crippen LogP contribution in [0.25, 0.3) is 0 Å². The molecule has 4 aromatic carbocycles. The fourth-order valence-electron chi connectivity index (χ4n) is 5.78. The van der Waals surface area contributed by atoms with E-state index in [1.807, 2.05) is 30.3 Å². The van der Waals surface area contributed by atoms with Crippen molar-refractivity contribution in [3.8, 4) is 0 Å². The van der Waals surface area contributed by atoms with Gasteiger partial charge < -0.3 is 10.2 Å². The second-order valence-electron chi connectivity index (χ2n) is 11.5. The molecule has 1 N–H and O–H groups in total. The fourth-order valence-corrected chi connectivity index (χ4v) is 7.28. The van der Waals surface area contributed by atoms with Gasteiger partial charge in [-0.2, -0.15) is 0 Å². The molecular weight excluding hydrogens is 589 g/mol. The fraction of sp³-hybridized carbons (Fsp3) is 0.278. The average molecular weight is 628 g/mol. The van der Waals surface area contributed by atoms with Gasteiger partial charge in [-0.15, -0.1) is 0 Å². The molecule has 234 valence electrons. The smallest absolute Gasteiger partial charge is 0.264 e. The predicted octanol–water partition coefficient (Wildman–Crippen LogP) is 6.03. The maximum absolute atomic E-state index is 14.5. The lowest BCUT2D eigenvalue weighted by molar-refractivity contribution is -0.140. The highest BCUT2D eigenvalue weighted by Crippen LogP contribution is 2.28. The maximum atomic E-state index is 14.5. The number of nitrogens with one attached hydrogen (secondary N) is 1. The van der Waals surface area contributed by atoms with Crippen LogP contribution in [-0.4, -0.2) is 43.8 Å². The molecule has 2 amide bonds. The third-order valence-electron chi connectivity index (χ3n) is 8.23. The third kappa shape index (κ3) is 7.97. The largest absolute Gasteiger partial charge is 0.352 e. The van der Waals surface area contributed by atoms with Crippen molar-refractivity contribution in [2.45, 2.75) is 62.6 Å². The molecule has 1 saturated carbocycles. The Morgan fingerprint density at radius 3 is 2.07 bits per heavy atom. The number of para-hydroxylation sites is 1. The lowest BCUT2D eigenvalue weighted by Crippen LogP contribution is -2.54. The van der Waals surface area contributed by atoms with Crippen LogP contribution in [0, 0.1) is 12.7 Å². The van der Waals surface area contributed by atoms with Crippen LogP contribution in [0.5, 0.6) is 0 Å². The van der Waals surface area contributed by atoms with Crippen LogP contribution in [-0.2, 0) is 32.6 Å². The van der Waals surface area contributed by atoms with Gasteiger partial charge in [-0.1, -0.05) is 91.7 Å². The maximum Gasteiger partial charge on any atom is 0.264 e. The Balaban J connectivity index is 1.56. The van der Waals surface area contributed by atoms with E-state index >= 15 is 0 Å². The van der Waals surface area contributed by atoms with Gasteiger partial charge in [0.15, 0.2) is 0 Å². The zero-order chi connectivity index (χ0) is 31.8. The van der Waals surface area contributed by atoms with E-state index in [4.69, 9.17) is 0 Å². The monoisotopic (exact) mass is 627 g/mol. The van der Waals surface area contributed by atoms with E-state index in [-0.39, 0.29) is 29.8 Å². The highest BCUT2D eigenvalue weighted by atomic mass is 32.2. The van der Waals surface area contributed by atoms with Crippen molar-refractivity contribution in [2.24, 2.45) is 0 Å². The number of rotatable bonds is 12. The molecule has 0 heterocycles. The van der Waals surface area contributed by atoms with Gasteiger partial charge in [0.25, 0.3) is 10.0 Å². The average Bonchev–Trinajstić information content (AvgIpc) is 3.56. The lowest BCUT2D eigenvalue weighted by atomic mass is 10.0. The molecule has 0 spiro atoms. The number of carbonyl (C=O) groups is 2. The summed E-state index contributed by atoms with van der Waals surface area (Å²) in [6.07, 6.45) is 4.00. The van der Waals surface area contributed by atoms with Crippen LogP contribution in [0.2, 0.25) is 0 Å². The van der Waals surface area contributed by atoms with Crippen LogP contribution in [0.4, 0.5) is 10.1 Å². The topological polar surface area (TPSA) is 86.8 Å². The number of aryl methyl sites for hydroxylation is 1. The van der Waals surface area contributed by atoms with Crippen molar-refractivity contribution in [3.63, 3.8) is 0 Å². The van der Waals surface area contributed by atoms with Crippen molar-refractivity contribution in [1.29, 1.82) is 0 Å². The molecule has 0 aromatic heterocycles. The first kappa shape index (κ1) is 31.9. The molecule has 0 unspecified atom stereocenters. The number of carbonyl (C=O) groups excluding carboxylic acids is 2. The van der Waals surface area contributed by atoms with E-state index in [0.29, 0.717) is 16.8 Å². The van der Waals surface area contributed by atoms with E-state index in [2.05, 4.69) is 5.32 Å². The minimum absolute atomic E-state index is 0.0122. The number of benzene rings is 4. The van der Waals surface area contributed by atoms with Crippen molar-refractivity contribution in [3.05, 3.63) is 132 Å². The minimum Gasteiger partial charge on any atom is -0.352 e. The summed E-state index contributed by atoms with van der Waals surface area (Å²) in [6.45, 7) is 1.24. The van der Waals surface area contributed by atoms with E-state index in [0.717, 1.165) is 35.6 Å². The Hall–Kier alpha value is -4.50. The molecule has 0 saturated heterocycles. The molecule has 0 radical (unpaired) electrons. The molecular formula is C36H38FN3O4S. The first-order valence-electron chi connectivity index (χ1n) is 15.2. The number of amides is 2. The number of anilines is 1. The third-order valence-corrected chi connectivity index (χ3v) is 10.0. The molecule has 0 bridgehead atoms. The summed E-state index contributed by atoms with van der Waals surface area (Å²) < 4.78 is 43.2. The first-order chi connectivity index (χ1) is 21.7. The van der Waals surface area contributed by atoms with E-state index in [1.54, 1.807) is 61.5 Å². The van der Waals surface area contributed by atoms with Crippen LogP contribution in [0.3, 0.4) is 0 Å². The number of hydrogen-bond acceptors (Lipinski definition) is 4. The first-order valence-corrected chi connectivity index (χ1v) is 16.7. The van der Waals surface area contributed by atoms with E-state index in [1.165, 1.54) is 29.2 Å². The summed E-state index contributed by atoms with van der Waals surface area (Å²) in [5.41, 5.74) is 2.51. The van der Waals surface area contributed by atoms with E-state index in [9.17, 15) is 22.4 Å². The van der Waals surface area contributed by atoms with Gasteiger partial charge in [-0.05, 0) is 66.8 Å². The molecule has 1 fully saturated rings. The summed E-state index contributed by atoms with van der Waals surface area (Å²) in [6, 6.07) is 29.2.